The van der Waals surface area contributed by atoms with Gasteiger partial charge in [0.05, 0.1) is 31.2 Å². The van der Waals surface area contributed by atoms with Crippen LogP contribution in [0.15, 0.2) is 12.3 Å². The second-order valence-corrected chi connectivity index (χ2v) is 11.2. The van der Waals surface area contributed by atoms with Crippen LogP contribution >= 0.6 is 0 Å². The van der Waals surface area contributed by atoms with E-state index in [2.05, 4.69) is 13.8 Å². The van der Waals surface area contributed by atoms with Crippen LogP contribution in [0.1, 0.15) is 74.1 Å². The highest BCUT2D eigenvalue weighted by atomic mass is 16.7. The fourth-order valence-electron chi connectivity index (χ4n) is 6.00. The van der Waals surface area contributed by atoms with Crippen molar-refractivity contribution in [2.24, 2.45) is 23.7 Å². The van der Waals surface area contributed by atoms with Crippen LogP contribution in [0.25, 0.3) is 0 Å². The second kappa shape index (κ2) is 15.6. The van der Waals surface area contributed by atoms with Crippen LogP contribution in [0.2, 0.25) is 0 Å². The Morgan fingerprint density at radius 1 is 1.05 bits per heavy atom. The van der Waals surface area contributed by atoms with Crippen LogP contribution in [-0.4, -0.2) is 82.1 Å². The van der Waals surface area contributed by atoms with Crippen molar-refractivity contribution in [3.8, 4) is 0 Å². The Kier molecular flexibility index (Phi) is 13.5. The molecule has 39 heavy (non-hydrogen) atoms. The average molecular weight is 557 g/mol. The monoisotopic (exact) mass is 556 g/mol. The largest absolute Gasteiger partial charge is 0.470 e. The fourth-order valence-corrected chi connectivity index (χ4v) is 6.00. The Labute approximate surface area is 235 Å². The van der Waals surface area contributed by atoms with E-state index in [1.165, 1.54) is 6.92 Å². The van der Waals surface area contributed by atoms with Crippen molar-refractivity contribution in [2.75, 3.05) is 27.9 Å². The van der Waals surface area contributed by atoms with Gasteiger partial charge in [0.15, 0.2) is 5.78 Å². The third-order valence-corrected chi connectivity index (χ3v) is 8.61. The highest BCUT2D eigenvalue weighted by Crippen LogP contribution is 2.43. The maximum absolute atomic E-state index is 13.2. The molecule has 2 aliphatic heterocycles. The maximum atomic E-state index is 13.2. The van der Waals surface area contributed by atoms with E-state index >= 15 is 0 Å². The summed E-state index contributed by atoms with van der Waals surface area (Å²) in [6.45, 7) is 13.5. The SMILES string of the molecule is CC/C=C\OC1OC(COC2(C(C)=O)CC(C)C(CC(C)=O)C(C(OC)C(CC)OC)O2)C(C)C(C)C1OC. The van der Waals surface area contributed by atoms with Gasteiger partial charge in [-0.15, -0.1) is 0 Å². The molecule has 0 saturated carbocycles. The molecule has 0 aliphatic carbocycles. The molecule has 0 spiro atoms. The van der Waals surface area contributed by atoms with Gasteiger partial charge in [0.2, 0.25) is 12.1 Å². The van der Waals surface area contributed by atoms with Crippen LogP contribution < -0.4 is 0 Å². The molecule has 0 aromatic carbocycles. The Bertz CT molecular complexity index is 797. The number of ether oxygens (including phenoxy) is 7. The third kappa shape index (κ3) is 8.11. The molecule has 2 fully saturated rings. The van der Waals surface area contributed by atoms with E-state index in [1.54, 1.807) is 34.5 Å². The summed E-state index contributed by atoms with van der Waals surface area (Å²) in [6.07, 6.45) is 3.21. The number of hydrogen-bond donors (Lipinski definition) is 0. The van der Waals surface area contributed by atoms with Crippen LogP contribution in [0.3, 0.4) is 0 Å². The lowest BCUT2D eigenvalue weighted by molar-refractivity contribution is -0.324. The summed E-state index contributed by atoms with van der Waals surface area (Å²) in [6, 6.07) is 0. The molecule has 0 aromatic rings. The standard InChI is InChI=1S/C30H52O9/c1-11-13-14-36-29-26(34-9)21(6)20(5)25(38-29)17-37-30(22(7)32)16-18(3)23(15-19(4)31)27(39-30)28(35-10)24(12-2)33-8/h13-14,18,20-21,23-29H,11-12,15-17H2,1-10H3/b14-13-. The lowest BCUT2D eigenvalue weighted by Gasteiger charge is -2.50. The van der Waals surface area contributed by atoms with E-state index in [9.17, 15) is 9.59 Å². The Morgan fingerprint density at radius 3 is 2.26 bits per heavy atom. The van der Waals surface area contributed by atoms with Crippen LogP contribution in [-0.2, 0) is 42.7 Å². The molecule has 9 nitrogen and oxygen atoms in total. The average Bonchev–Trinajstić information content (AvgIpc) is 2.89. The molecular formula is C30H52O9. The van der Waals surface area contributed by atoms with Crippen molar-refractivity contribution >= 4 is 11.6 Å². The minimum Gasteiger partial charge on any atom is -0.470 e. The van der Waals surface area contributed by atoms with Gasteiger partial charge < -0.3 is 38.0 Å². The Balaban J connectivity index is 2.34. The number of allylic oxidation sites excluding steroid dienone is 1. The van der Waals surface area contributed by atoms with Crippen molar-refractivity contribution < 1.29 is 42.7 Å². The second-order valence-electron chi connectivity index (χ2n) is 11.2. The molecule has 11 atom stereocenters. The van der Waals surface area contributed by atoms with Crippen LogP contribution in [0.4, 0.5) is 0 Å². The van der Waals surface area contributed by atoms with E-state index in [-0.39, 0.29) is 60.2 Å². The zero-order valence-electron chi connectivity index (χ0n) is 25.6. The Morgan fingerprint density at radius 2 is 1.74 bits per heavy atom. The van der Waals surface area contributed by atoms with Gasteiger partial charge in [-0.25, -0.2) is 0 Å². The van der Waals surface area contributed by atoms with E-state index in [0.717, 1.165) is 6.42 Å². The Hall–Kier alpha value is -1.36. The van der Waals surface area contributed by atoms with Gasteiger partial charge in [-0.2, -0.15) is 0 Å². The van der Waals surface area contributed by atoms with E-state index in [1.807, 2.05) is 26.8 Å². The predicted octanol–water partition coefficient (Wildman–Crippen LogP) is 4.70. The van der Waals surface area contributed by atoms with Gasteiger partial charge in [0.25, 0.3) is 0 Å². The summed E-state index contributed by atoms with van der Waals surface area (Å²) < 4.78 is 42.6. The first-order valence-corrected chi connectivity index (χ1v) is 14.4. The minimum absolute atomic E-state index is 0.0414. The molecule has 0 aromatic heterocycles. The molecular weight excluding hydrogens is 504 g/mol. The number of carbonyl (C=O) groups excluding carboxylic acids is 2. The molecule has 2 heterocycles. The quantitative estimate of drug-likeness (QED) is 0.266. The summed E-state index contributed by atoms with van der Waals surface area (Å²) >= 11 is 0. The van der Waals surface area contributed by atoms with E-state index in [4.69, 9.17) is 33.2 Å². The first-order valence-electron chi connectivity index (χ1n) is 14.4. The summed E-state index contributed by atoms with van der Waals surface area (Å²) in [5.74, 6) is -1.67. The van der Waals surface area contributed by atoms with Gasteiger partial charge in [-0.1, -0.05) is 34.6 Å². The van der Waals surface area contributed by atoms with Crippen molar-refractivity contribution in [1.29, 1.82) is 0 Å². The molecule has 9 heteroatoms. The zero-order valence-corrected chi connectivity index (χ0v) is 25.6. The summed E-state index contributed by atoms with van der Waals surface area (Å²) in [5, 5.41) is 0. The number of carbonyl (C=O) groups is 2. The van der Waals surface area contributed by atoms with Gasteiger partial charge in [-0.05, 0) is 49.5 Å². The smallest absolute Gasteiger partial charge is 0.229 e. The molecule has 0 amide bonds. The van der Waals surface area contributed by atoms with Gasteiger partial charge in [-0.3, -0.25) is 4.79 Å². The molecule has 0 radical (unpaired) electrons. The number of methoxy groups -OCH3 is 3. The molecule has 0 bridgehead atoms. The third-order valence-electron chi connectivity index (χ3n) is 8.61. The van der Waals surface area contributed by atoms with Crippen molar-refractivity contribution in [3.05, 3.63) is 12.3 Å². The lowest BCUT2D eigenvalue weighted by Crippen LogP contribution is -2.61. The molecule has 2 saturated heterocycles. The highest BCUT2D eigenvalue weighted by molar-refractivity contribution is 5.83. The van der Waals surface area contributed by atoms with Crippen LogP contribution in [0, 0.1) is 23.7 Å². The lowest BCUT2D eigenvalue weighted by atomic mass is 9.75. The highest BCUT2D eigenvalue weighted by Gasteiger charge is 2.54. The predicted molar refractivity (Wildman–Crippen MR) is 147 cm³/mol. The van der Waals surface area contributed by atoms with Crippen molar-refractivity contribution in [2.45, 2.75) is 117 Å². The molecule has 2 aliphatic rings. The fraction of sp³-hybridized carbons (Fsp3) is 0.867. The summed E-state index contributed by atoms with van der Waals surface area (Å²) in [7, 11) is 4.89. The van der Waals surface area contributed by atoms with Crippen LogP contribution in [0.5, 0.6) is 0 Å². The molecule has 2 rings (SSSR count). The van der Waals surface area contributed by atoms with Crippen molar-refractivity contribution in [3.63, 3.8) is 0 Å². The summed E-state index contributed by atoms with van der Waals surface area (Å²) in [5.41, 5.74) is 0. The zero-order chi connectivity index (χ0) is 29.3. The molecule has 0 N–H and O–H groups in total. The first kappa shape index (κ1) is 33.8. The number of rotatable bonds is 15. The minimum atomic E-state index is -1.50. The normalized spacial score (nSPS) is 37.0. The first-order chi connectivity index (χ1) is 18.5. The summed E-state index contributed by atoms with van der Waals surface area (Å²) in [4.78, 5) is 25.5. The molecule has 226 valence electrons. The number of Topliss-reactive ketones (excluding diaryl/α,β-unsaturated/α-hetero) is 2. The van der Waals surface area contributed by atoms with E-state index < -0.39 is 24.3 Å². The van der Waals surface area contributed by atoms with Gasteiger partial charge in [0.1, 0.15) is 18.0 Å². The van der Waals surface area contributed by atoms with Gasteiger partial charge >= 0.3 is 0 Å². The number of hydrogen-bond acceptors (Lipinski definition) is 9. The molecule has 11 unspecified atom stereocenters. The van der Waals surface area contributed by atoms with E-state index in [0.29, 0.717) is 19.3 Å². The van der Waals surface area contributed by atoms with Crippen molar-refractivity contribution in [1.82, 2.24) is 0 Å². The number of ketones is 2. The topological polar surface area (TPSA) is 98.8 Å². The maximum Gasteiger partial charge on any atom is 0.229 e. The van der Waals surface area contributed by atoms with Gasteiger partial charge in [0, 0.05) is 41.1 Å².